The van der Waals surface area contributed by atoms with Crippen molar-refractivity contribution in [2.24, 2.45) is 0 Å². The van der Waals surface area contributed by atoms with Crippen molar-refractivity contribution in [3.8, 4) is 0 Å². The van der Waals surface area contributed by atoms with Crippen LogP contribution in [0.25, 0.3) is 0 Å². The molecule has 2 nitrogen and oxygen atoms in total. The first-order valence-corrected chi connectivity index (χ1v) is 4.47. The van der Waals surface area contributed by atoms with Crippen molar-refractivity contribution >= 4 is 27.8 Å². The van der Waals surface area contributed by atoms with Gasteiger partial charge < -0.3 is 10.7 Å². The molecule has 2 N–H and O–H groups in total. The summed E-state index contributed by atoms with van der Waals surface area (Å²) in [6.07, 6.45) is 1.35. The third-order valence-corrected chi connectivity index (χ3v) is 2.70. The highest BCUT2D eigenvalue weighted by Gasteiger charge is 2.04. The van der Waals surface area contributed by atoms with E-state index in [-0.39, 0.29) is 0 Å². The molecule has 3 heteroatoms. The molecule has 0 aromatic heterocycles. The van der Waals surface area contributed by atoms with Crippen LogP contribution in [0.5, 0.6) is 0 Å². The van der Waals surface area contributed by atoms with E-state index in [4.69, 9.17) is 5.41 Å². The Morgan fingerprint density at radius 3 is 2.67 bits per heavy atom. The molecule has 12 heavy (non-hydrogen) atoms. The molecule has 0 amide bonds. The summed E-state index contributed by atoms with van der Waals surface area (Å²) in [5.74, 6) is 0. The van der Waals surface area contributed by atoms with Crippen molar-refractivity contribution in [2.45, 2.75) is 6.92 Å². The predicted molar refractivity (Wildman–Crippen MR) is 56.3 cm³/mol. The number of nitrogens with one attached hydrogen (secondary N) is 2. The molecule has 0 saturated heterocycles. The van der Waals surface area contributed by atoms with Gasteiger partial charge in [-0.25, -0.2) is 0 Å². The fourth-order valence-electron chi connectivity index (χ4n) is 1.16. The van der Waals surface area contributed by atoms with Crippen molar-refractivity contribution in [3.05, 3.63) is 27.7 Å². The van der Waals surface area contributed by atoms with Gasteiger partial charge in [-0.3, -0.25) is 0 Å². The van der Waals surface area contributed by atoms with Crippen LogP contribution in [0.15, 0.2) is 16.6 Å². The Kier molecular flexibility index (Phi) is 2.87. The molecule has 0 aliphatic rings. The van der Waals surface area contributed by atoms with Gasteiger partial charge in [0.05, 0.1) is 0 Å². The molecule has 0 saturated carbocycles. The van der Waals surface area contributed by atoms with Gasteiger partial charge in [-0.05, 0) is 18.6 Å². The van der Waals surface area contributed by atoms with E-state index in [1.807, 2.05) is 26.1 Å². The van der Waals surface area contributed by atoms with Crippen LogP contribution in [-0.4, -0.2) is 13.3 Å². The zero-order valence-electron chi connectivity index (χ0n) is 7.11. The summed E-state index contributed by atoms with van der Waals surface area (Å²) in [6, 6.07) is 3.87. The van der Waals surface area contributed by atoms with E-state index in [0.29, 0.717) is 0 Å². The third kappa shape index (κ3) is 1.50. The fraction of sp³-hybridized carbons (Fsp3) is 0.222. The first-order chi connectivity index (χ1) is 5.70. The number of benzene rings is 1. The highest BCUT2D eigenvalue weighted by Crippen LogP contribution is 2.26. The molecular formula is C9H11BrN2. The molecule has 0 bridgehead atoms. The number of anilines is 1. The highest BCUT2D eigenvalue weighted by atomic mass is 79.9. The number of halogens is 1. The topological polar surface area (TPSA) is 35.9 Å². The summed E-state index contributed by atoms with van der Waals surface area (Å²) in [6.45, 7) is 2.02. The van der Waals surface area contributed by atoms with Crippen molar-refractivity contribution in [1.82, 2.24) is 0 Å². The Hall–Kier alpha value is -0.830. The standard InChI is InChI=1S/C9H11BrN2/c1-6-8(10)4-3-7(5-11)9(6)12-2/h3-5,11-12H,1-2H3. The Bertz CT molecular complexity index is 308. The fourth-order valence-corrected chi connectivity index (χ4v) is 1.49. The Morgan fingerprint density at radius 2 is 2.17 bits per heavy atom. The summed E-state index contributed by atoms with van der Waals surface area (Å²) in [5.41, 5.74) is 3.07. The molecule has 0 spiro atoms. The van der Waals surface area contributed by atoms with Crippen LogP contribution in [-0.2, 0) is 0 Å². The summed E-state index contributed by atoms with van der Waals surface area (Å²) in [7, 11) is 1.86. The van der Waals surface area contributed by atoms with Crippen LogP contribution in [0.4, 0.5) is 5.69 Å². The van der Waals surface area contributed by atoms with Crippen LogP contribution >= 0.6 is 15.9 Å². The minimum Gasteiger partial charge on any atom is -0.387 e. The lowest BCUT2D eigenvalue weighted by Crippen LogP contribution is -1.97. The Balaban J connectivity index is 3.35. The molecule has 0 heterocycles. The van der Waals surface area contributed by atoms with Crippen molar-refractivity contribution in [3.63, 3.8) is 0 Å². The second-order valence-corrected chi connectivity index (χ2v) is 3.39. The number of hydrogen-bond acceptors (Lipinski definition) is 2. The quantitative estimate of drug-likeness (QED) is 0.748. The van der Waals surface area contributed by atoms with Gasteiger partial charge in [0.1, 0.15) is 0 Å². The van der Waals surface area contributed by atoms with Crippen LogP contribution in [0.2, 0.25) is 0 Å². The smallest absolute Gasteiger partial charge is 0.0467 e. The molecule has 64 valence electrons. The summed E-state index contributed by atoms with van der Waals surface area (Å²) < 4.78 is 1.07. The van der Waals surface area contributed by atoms with E-state index in [9.17, 15) is 0 Å². The van der Waals surface area contributed by atoms with E-state index >= 15 is 0 Å². The summed E-state index contributed by atoms with van der Waals surface area (Å²) in [5, 5.41) is 10.2. The number of rotatable bonds is 2. The summed E-state index contributed by atoms with van der Waals surface area (Å²) >= 11 is 3.44. The van der Waals surface area contributed by atoms with Gasteiger partial charge in [0.15, 0.2) is 0 Å². The van der Waals surface area contributed by atoms with Crippen LogP contribution in [0, 0.1) is 12.3 Å². The molecule has 0 unspecified atom stereocenters. The number of hydrogen-bond donors (Lipinski definition) is 2. The monoisotopic (exact) mass is 226 g/mol. The maximum atomic E-state index is 7.17. The van der Waals surface area contributed by atoms with Gasteiger partial charge in [0.25, 0.3) is 0 Å². The van der Waals surface area contributed by atoms with E-state index < -0.39 is 0 Å². The Labute approximate surface area is 80.6 Å². The van der Waals surface area contributed by atoms with Gasteiger partial charge in [0.2, 0.25) is 0 Å². The predicted octanol–water partition coefficient (Wildman–Crippen LogP) is 2.80. The molecule has 0 radical (unpaired) electrons. The first-order valence-electron chi connectivity index (χ1n) is 3.68. The molecule has 0 aliphatic heterocycles. The van der Waals surface area contributed by atoms with Crippen LogP contribution in [0.3, 0.4) is 0 Å². The normalized spacial score (nSPS) is 9.58. The lowest BCUT2D eigenvalue weighted by Gasteiger charge is -2.09. The lowest BCUT2D eigenvalue weighted by atomic mass is 10.1. The minimum atomic E-state index is 0.915. The lowest BCUT2D eigenvalue weighted by molar-refractivity contribution is 1.36. The van der Waals surface area contributed by atoms with Crippen LogP contribution < -0.4 is 5.32 Å². The SMILES string of the molecule is CNc1c(C=N)ccc(Br)c1C. The first kappa shape index (κ1) is 9.26. The molecular weight excluding hydrogens is 216 g/mol. The van der Waals surface area contributed by atoms with Crippen molar-refractivity contribution in [2.75, 3.05) is 12.4 Å². The van der Waals surface area contributed by atoms with Crippen molar-refractivity contribution < 1.29 is 0 Å². The average Bonchev–Trinajstić information content (AvgIpc) is 2.09. The molecule has 0 fully saturated rings. The zero-order chi connectivity index (χ0) is 9.14. The largest absolute Gasteiger partial charge is 0.387 e. The van der Waals surface area contributed by atoms with Crippen molar-refractivity contribution in [1.29, 1.82) is 5.41 Å². The molecule has 0 atom stereocenters. The van der Waals surface area contributed by atoms with Gasteiger partial charge in [-0.2, -0.15) is 0 Å². The third-order valence-electron chi connectivity index (χ3n) is 1.84. The second-order valence-electron chi connectivity index (χ2n) is 2.53. The maximum Gasteiger partial charge on any atom is 0.0467 e. The second kappa shape index (κ2) is 3.72. The highest BCUT2D eigenvalue weighted by molar-refractivity contribution is 9.10. The van der Waals surface area contributed by atoms with Gasteiger partial charge in [0, 0.05) is 29.0 Å². The molecule has 1 rings (SSSR count). The van der Waals surface area contributed by atoms with E-state index in [0.717, 1.165) is 21.3 Å². The average molecular weight is 227 g/mol. The van der Waals surface area contributed by atoms with Gasteiger partial charge >= 0.3 is 0 Å². The summed E-state index contributed by atoms with van der Waals surface area (Å²) in [4.78, 5) is 0. The van der Waals surface area contributed by atoms with Gasteiger partial charge in [-0.15, -0.1) is 0 Å². The zero-order valence-corrected chi connectivity index (χ0v) is 8.70. The Morgan fingerprint density at radius 1 is 1.50 bits per heavy atom. The van der Waals surface area contributed by atoms with E-state index in [2.05, 4.69) is 21.2 Å². The van der Waals surface area contributed by atoms with Crippen LogP contribution in [0.1, 0.15) is 11.1 Å². The maximum absolute atomic E-state index is 7.17. The molecule has 1 aromatic carbocycles. The minimum absolute atomic E-state index is 0.915. The van der Waals surface area contributed by atoms with E-state index in [1.165, 1.54) is 6.21 Å². The molecule has 1 aromatic rings. The van der Waals surface area contributed by atoms with Gasteiger partial charge in [-0.1, -0.05) is 22.0 Å². The van der Waals surface area contributed by atoms with E-state index in [1.54, 1.807) is 0 Å². The molecule has 0 aliphatic carbocycles.